The number of ether oxygens (including phenoxy) is 3. The van der Waals surface area contributed by atoms with E-state index in [2.05, 4.69) is 4.99 Å². The summed E-state index contributed by atoms with van der Waals surface area (Å²) in [6.45, 7) is 1.15. The van der Waals surface area contributed by atoms with Crippen LogP contribution in [-0.4, -0.2) is 25.9 Å². The third kappa shape index (κ3) is 8.57. The Balaban J connectivity index is 1.73. The molecule has 0 N–H and O–H groups in total. The normalized spacial score (nSPS) is 10.1. The molecular formula is C20H17Cl4NO4. The number of isocyanates is 1. The van der Waals surface area contributed by atoms with E-state index in [0.717, 1.165) is 12.8 Å². The van der Waals surface area contributed by atoms with Crippen LogP contribution in [0.2, 0.25) is 10.0 Å². The fraction of sp³-hybridized carbons (Fsp3) is 0.250. The highest BCUT2D eigenvalue weighted by molar-refractivity contribution is 6.55. The Morgan fingerprint density at radius 1 is 0.931 bits per heavy atom. The first-order chi connectivity index (χ1) is 14.0. The first-order valence-electron chi connectivity index (χ1n) is 8.56. The molecule has 0 saturated heterocycles. The summed E-state index contributed by atoms with van der Waals surface area (Å²) < 4.78 is 16.9. The summed E-state index contributed by atoms with van der Waals surface area (Å²) in [6, 6.07) is 10.1. The summed E-state index contributed by atoms with van der Waals surface area (Å²) in [5.74, 6) is 1.58. The van der Waals surface area contributed by atoms with Crippen molar-refractivity contribution in [1.82, 2.24) is 0 Å². The van der Waals surface area contributed by atoms with Crippen LogP contribution in [0.3, 0.4) is 0 Å². The zero-order chi connectivity index (χ0) is 21.1. The van der Waals surface area contributed by atoms with Gasteiger partial charge in [-0.15, -0.1) is 0 Å². The highest BCUT2D eigenvalue weighted by Gasteiger charge is 2.10. The largest absolute Gasteiger partial charge is 0.494 e. The quantitative estimate of drug-likeness (QED) is 0.201. The number of aliphatic imine (C=N–C) groups is 1. The second-order valence-electron chi connectivity index (χ2n) is 5.62. The number of hydrogen-bond donors (Lipinski definition) is 0. The van der Waals surface area contributed by atoms with Crippen molar-refractivity contribution < 1.29 is 19.0 Å². The average Bonchev–Trinajstić information content (AvgIpc) is 2.67. The van der Waals surface area contributed by atoms with Crippen LogP contribution in [0.1, 0.15) is 12.8 Å². The number of halogens is 4. The van der Waals surface area contributed by atoms with Gasteiger partial charge in [0.05, 0.1) is 28.9 Å². The molecule has 0 spiro atoms. The average molecular weight is 477 g/mol. The molecule has 0 aliphatic carbocycles. The SMILES string of the molecule is O=C=Nc1ccc(OCCCCOc2c(Cl)cc(OCC=C(Cl)Cl)cc2Cl)cc1. The topological polar surface area (TPSA) is 57.1 Å². The zero-order valence-electron chi connectivity index (χ0n) is 15.2. The fourth-order valence-electron chi connectivity index (χ4n) is 2.20. The molecule has 2 aromatic carbocycles. The van der Waals surface area contributed by atoms with Crippen LogP contribution in [0, 0.1) is 0 Å². The third-order valence-corrected chi connectivity index (χ3v) is 4.39. The molecule has 0 radical (unpaired) electrons. The summed E-state index contributed by atoms with van der Waals surface area (Å²) in [4.78, 5) is 13.7. The number of nitrogens with zero attached hydrogens (tertiary/aromatic N) is 1. The first kappa shape index (κ1) is 23.4. The minimum absolute atomic E-state index is 0.121. The highest BCUT2D eigenvalue weighted by atomic mass is 35.5. The molecule has 0 aliphatic heterocycles. The van der Waals surface area contributed by atoms with Crippen LogP contribution in [0.5, 0.6) is 17.2 Å². The van der Waals surface area contributed by atoms with Crippen LogP contribution >= 0.6 is 46.4 Å². The van der Waals surface area contributed by atoms with Gasteiger partial charge in [0.2, 0.25) is 6.08 Å². The minimum Gasteiger partial charge on any atom is -0.494 e. The van der Waals surface area contributed by atoms with Crippen molar-refractivity contribution in [3.05, 3.63) is 57.0 Å². The summed E-state index contributed by atoms with van der Waals surface area (Å²) in [7, 11) is 0. The predicted octanol–water partition coefficient (Wildman–Crippen LogP) is 6.90. The van der Waals surface area contributed by atoms with Crippen molar-refractivity contribution in [3.8, 4) is 17.2 Å². The van der Waals surface area contributed by atoms with Gasteiger partial charge in [-0.25, -0.2) is 4.79 Å². The van der Waals surface area contributed by atoms with E-state index in [0.29, 0.717) is 46.2 Å². The van der Waals surface area contributed by atoms with Gasteiger partial charge >= 0.3 is 0 Å². The molecule has 0 heterocycles. The molecule has 2 rings (SSSR count). The van der Waals surface area contributed by atoms with E-state index in [1.807, 2.05) is 0 Å². The van der Waals surface area contributed by atoms with Gasteiger partial charge in [0.1, 0.15) is 22.6 Å². The second kappa shape index (κ2) is 12.6. The van der Waals surface area contributed by atoms with Gasteiger partial charge in [0, 0.05) is 12.1 Å². The molecule has 0 saturated carbocycles. The molecule has 5 nitrogen and oxygen atoms in total. The summed E-state index contributed by atoms with van der Waals surface area (Å²) >= 11 is 23.5. The van der Waals surface area contributed by atoms with Crippen molar-refractivity contribution in [2.75, 3.05) is 19.8 Å². The summed E-state index contributed by atoms with van der Waals surface area (Å²) in [5, 5.41) is 0.700. The molecule has 9 heteroatoms. The molecule has 0 aromatic heterocycles. The molecule has 0 unspecified atom stereocenters. The third-order valence-electron chi connectivity index (χ3n) is 3.52. The fourth-order valence-corrected chi connectivity index (χ4v) is 2.90. The van der Waals surface area contributed by atoms with Crippen LogP contribution < -0.4 is 14.2 Å². The number of unbranched alkanes of at least 4 members (excludes halogenated alkanes) is 1. The standard InChI is InChI=1S/C20H17Cl4NO4/c21-17-11-16(28-10-7-19(23)24)12-18(22)20(17)29-9-2-1-8-27-15-5-3-14(4-6-15)25-13-26/h3-7,11-12H,1-2,8-10H2. The van der Waals surface area contributed by atoms with Crippen LogP contribution in [0.15, 0.2) is 52.0 Å². The maximum atomic E-state index is 10.2. The maximum absolute atomic E-state index is 10.2. The molecule has 0 atom stereocenters. The van der Waals surface area contributed by atoms with Gasteiger partial charge in [-0.3, -0.25) is 0 Å². The maximum Gasteiger partial charge on any atom is 0.240 e. The first-order valence-corrected chi connectivity index (χ1v) is 10.1. The molecule has 154 valence electrons. The number of hydrogen-bond acceptors (Lipinski definition) is 5. The molecule has 0 bridgehead atoms. The van der Waals surface area contributed by atoms with Gasteiger partial charge < -0.3 is 14.2 Å². The Morgan fingerprint density at radius 2 is 1.55 bits per heavy atom. The Morgan fingerprint density at radius 3 is 2.14 bits per heavy atom. The molecule has 0 amide bonds. The highest BCUT2D eigenvalue weighted by Crippen LogP contribution is 2.37. The lowest BCUT2D eigenvalue weighted by molar-refractivity contribution is 0.266. The van der Waals surface area contributed by atoms with Crippen molar-refractivity contribution in [3.63, 3.8) is 0 Å². The zero-order valence-corrected chi connectivity index (χ0v) is 18.2. The van der Waals surface area contributed by atoms with E-state index in [4.69, 9.17) is 60.6 Å². The monoisotopic (exact) mass is 475 g/mol. The van der Waals surface area contributed by atoms with Crippen LogP contribution in [0.25, 0.3) is 0 Å². The van der Waals surface area contributed by atoms with Crippen LogP contribution in [0.4, 0.5) is 5.69 Å². The van der Waals surface area contributed by atoms with E-state index in [-0.39, 0.29) is 11.1 Å². The number of benzene rings is 2. The second-order valence-corrected chi connectivity index (χ2v) is 7.44. The molecular weight excluding hydrogens is 460 g/mol. The van der Waals surface area contributed by atoms with Gasteiger partial charge in [-0.05, 0) is 43.2 Å². The van der Waals surface area contributed by atoms with Crippen LogP contribution in [-0.2, 0) is 4.79 Å². The van der Waals surface area contributed by atoms with E-state index in [1.54, 1.807) is 36.4 Å². The Bertz CT molecular complexity index is 854. The lowest BCUT2D eigenvalue weighted by Crippen LogP contribution is -2.03. The van der Waals surface area contributed by atoms with Gasteiger partial charge in [0.15, 0.2) is 5.75 Å². The lowest BCUT2D eigenvalue weighted by atomic mass is 10.3. The van der Waals surface area contributed by atoms with Crippen molar-refractivity contribution in [2.24, 2.45) is 4.99 Å². The van der Waals surface area contributed by atoms with Crippen molar-refractivity contribution in [2.45, 2.75) is 12.8 Å². The van der Waals surface area contributed by atoms with Crippen molar-refractivity contribution in [1.29, 1.82) is 0 Å². The summed E-state index contributed by atoms with van der Waals surface area (Å²) in [5.41, 5.74) is 0.533. The Kier molecular flexibility index (Phi) is 10.2. The van der Waals surface area contributed by atoms with E-state index in [1.165, 1.54) is 12.2 Å². The minimum atomic E-state index is 0.121. The van der Waals surface area contributed by atoms with Gasteiger partial charge in [-0.1, -0.05) is 46.4 Å². The molecule has 0 fully saturated rings. The van der Waals surface area contributed by atoms with Crippen molar-refractivity contribution >= 4 is 58.2 Å². The molecule has 2 aromatic rings. The lowest BCUT2D eigenvalue weighted by Gasteiger charge is -2.12. The predicted molar refractivity (Wildman–Crippen MR) is 116 cm³/mol. The van der Waals surface area contributed by atoms with E-state index >= 15 is 0 Å². The number of rotatable bonds is 11. The Hall–Kier alpha value is -1.88. The molecule has 29 heavy (non-hydrogen) atoms. The van der Waals surface area contributed by atoms with E-state index in [9.17, 15) is 4.79 Å². The molecule has 0 aliphatic rings. The summed E-state index contributed by atoms with van der Waals surface area (Å²) in [6.07, 6.45) is 4.52. The number of carbonyl (C=O) groups excluding carboxylic acids is 1. The van der Waals surface area contributed by atoms with Gasteiger partial charge in [-0.2, -0.15) is 4.99 Å². The Labute approximate surface area is 188 Å². The van der Waals surface area contributed by atoms with E-state index < -0.39 is 0 Å². The smallest absolute Gasteiger partial charge is 0.240 e. The van der Waals surface area contributed by atoms with Gasteiger partial charge in [0.25, 0.3) is 0 Å².